The van der Waals surface area contributed by atoms with Gasteiger partial charge in [-0.15, -0.1) is 6.42 Å². The number of hydroxylamine groups is 1. The molecule has 0 bridgehead atoms. The summed E-state index contributed by atoms with van der Waals surface area (Å²) in [6, 6.07) is 5.43. The summed E-state index contributed by atoms with van der Waals surface area (Å²) in [4.78, 5) is 18.0. The summed E-state index contributed by atoms with van der Waals surface area (Å²) in [5.41, 5.74) is 3.76. The van der Waals surface area contributed by atoms with Gasteiger partial charge in [-0.05, 0) is 44.4 Å². The van der Waals surface area contributed by atoms with Gasteiger partial charge < -0.3 is 4.74 Å². The molecule has 1 aliphatic rings. The number of nitrogens with one attached hydrogen (secondary N) is 1. The Morgan fingerprint density at radius 3 is 2.93 bits per heavy atom. The predicted molar refractivity (Wildman–Crippen MR) is 108 cm³/mol. The first-order valence-corrected chi connectivity index (χ1v) is 11.3. The Hall–Kier alpha value is -2.41. The highest BCUT2D eigenvalue weighted by Crippen LogP contribution is 2.24. The topological polar surface area (TPSA) is 99.5 Å². The van der Waals surface area contributed by atoms with Crippen molar-refractivity contribution in [2.24, 2.45) is 0 Å². The summed E-state index contributed by atoms with van der Waals surface area (Å²) in [7, 11) is -3.73. The third kappa shape index (κ3) is 4.78. The van der Waals surface area contributed by atoms with Gasteiger partial charge in [0.25, 0.3) is 5.91 Å². The molecule has 1 aliphatic heterocycles. The molecule has 1 amide bonds. The molecule has 8 nitrogen and oxygen atoms in total. The minimum Gasteiger partial charge on any atom is -0.350 e. The van der Waals surface area contributed by atoms with E-state index in [1.807, 2.05) is 12.1 Å². The second-order valence-corrected chi connectivity index (χ2v) is 9.85. The monoisotopic (exact) mass is 419 g/mol. The number of ether oxygens (including phenoxy) is 1. The molecule has 2 unspecified atom stereocenters. The molecule has 1 aromatic carbocycles. The normalized spacial score (nSPS) is 19.4. The third-order valence-electron chi connectivity index (χ3n) is 5.26. The van der Waals surface area contributed by atoms with E-state index in [-0.39, 0.29) is 13.0 Å². The maximum absolute atomic E-state index is 12.7. The van der Waals surface area contributed by atoms with Crippen LogP contribution in [0.15, 0.2) is 24.4 Å². The number of hydrogen-bond acceptors (Lipinski definition) is 6. The van der Waals surface area contributed by atoms with Crippen LogP contribution in [0, 0.1) is 12.3 Å². The van der Waals surface area contributed by atoms with E-state index >= 15 is 0 Å². The number of benzene rings is 1. The van der Waals surface area contributed by atoms with E-state index in [0.717, 1.165) is 35.6 Å². The number of sulfone groups is 1. The van der Waals surface area contributed by atoms with Gasteiger partial charge in [0.15, 0.2) is 20.9 Å². The number of carbonyl (C=O) groups excluding carboxylic acids is 1. The van der Waals surface area contributed by atoms with Crippen molar-refractivity contribution < 1.29 is 22.8 Å². The van der Waals surface area contributed by atoms with Crippen LogP contribution in [0.2, 0.25) is 0 Å². The Kier molecular flexibility index (Phi) is 6.27. The lowest BCUT2D eigenvalue weighted by Gasteiger charge is -2.28. The molecule has 2 heterocycles. The van der Waals surface area contributed by atoms with Crippen LogP contribution < -0.4 is 5.48 Å². The quantitative estimate of drug-likeness (QED) is 0.543. The predicted octanol–water partition coefficient (Wildman–Crippen LogP) is 1.79. The zero-order valence-electron chi connectivity index (χ0n) is 16.6. The number of terminal acetylenes is 1. The second kappa shape index (κ2) is 8.53. The lowest BCUT2D eigenvalue weighted by Crippen LogP contribution is -2.51. The number of aryl methyl sites for hydroxylation is 1. The molecular formula is C20H25N3O5S. The van der Waals surface area contributed by atoms with Crippen molar-refractivity contribution in [1.82, 2.24) is 15.3 Å². The summed E-state index contributed by atoms with van der Waals surface area (Å²) < 4.78 is 30.2. The zero-order chi connectivity index (χ0) is 21.1. The van der Waals surface area contributed by atoms with Crippen molar-refractivity contribution in [1.29, 1.82) is 0 Å². The maximum Gasteiger partial charge on any atom is 0.264 e. The number of fused-ring (bicyclic) bond motifs is 1. The summed E-state index contributed by atoms with van der Waals surface area (Å²) in [6.07, 6.45) is 10.2. The fourth-order valence-corrected chi connectivity index (χ4v) is 3.95. The first-order chi connectivity index (χ1) is 13.7. The Labute approximate surface area is 170 Å². The molecule has 1 saturated heterocycles. The lowest BCUT2D eigenvalue weighted by atomic mass is 10.1. The zero-order valence-corrected chi connectivity index (χ0v) is 17.4. The highest BCUT2D eigenvalue weighted by atomic mass is 32.2. The molecule has 0 spiro atoms. The van der Waals surface area contributed by atoms with Gasteiger partial charge in [-0.25, -0.2) is 18.7 Å². The molecule has 1 aromatic heterocycles. The van der Waals surface area contributed by atoms with Crippen LogP contribution in [-0.4, -0.2) is 48.0 Å². The second-order valence-electron chi connectivity index (χ2n) is 7.41. The average Bonchev–Trinajstić information content (AvgIpc) is 3.12. The van der Waals surface area contributed by atoms with Crippen molar-refractivity contribution in [3.8, 4) is 12.3 Å². The van der Waals surface area contributed by atoms with Crippen molar-refractivity contribution in [3.05, 3.63) is 30.0 Å². The van der Waals surface area contributed by atoms with Crippen LogP contribution in [0.1, 0.15) is 38.2 Å². The number of hydrogen-bond donors (Lipinski definition) is 1. The lowest BCUT2D eigenvalue weighted by molar-refractivity contribution is -0.201. The molecule has 3 rings (SSSR count). The third-order valence-corrected chi connectivity index (χ3v) is 7.28. The molecule has 1 fully saturated rings. The molecule has 0 radical (unpaired) electrons. The van der Waals surface area contributed by atoms with E-state index in [1.54, 1.807) is 16.9 Å². The van der Waals surface area contributed by atoms with E-state index < -0.39 is 26.8 Å². The van der Waals surface area contributed by atoms with E-state index in [9.17, 15) is 13.2 Å². The number of rotatable bonds is 7. The fourth-order valence-electron chi connectivity index (χ4n) is 3.11. The van der Waals surface area contributed by atoms with Crippen molar-refractivity contribution in [2.75, 3.05) is 12.9 Å². The van der Waals surface area contributed by atoms with Crippen LogP contribution in [0.3, 0.4) is 0 Å². The van der Waals surface area contributed by atoms with Crippen LogP contribution in [0.5, 0.6) is 0 Å². The number of aromatic nitrogens is 2. The van der Waals surface area contributed by atoms with Gasteiger partial charge in [-0.1, -0.05) is 5.92 Å². The Morgan fingerprint density at radius 2 is 2.28 bits per heavy atom. The molecular weight excluding hydrogens is 394 g/mol. The maximum atomic E-state index is 12.7. The van der Waals surface area contributed by atoms with Crippen LogP contribution in [-0.2, 0) is 30.8 Å². The van der Waals surface area contributed by atoms with Crippen LogP contribution >= 0.6 is 0 Å². The first-order valence-electron chi connectivity index (χ1n) is 9.44. The average molecular weight is 420 g/mol. The van der Waals surface area contributed by atoms with Gasteiger partial charge >= 0.3 is 0 Å². The number of carbonyl (C=O) groups is 1. The van der Waals surface area contributed by atoms with Crippen molar-refractivity contribution in [3.63, 3.8) is 0 Å². The van der Waals surface area contributed by atoms with E-state index in [1.165, 1.54) is 6.92 Å². The van der Waals surface area contributed by atoms with Crippen LogP contribution in [0.25, 0.3) is 10.9 Å². The molecule has 2 aromatic rings. The summed E-state index contributed by atoms with van der Waals surface area (Å²) in [5, 5.41) is 5.27. The molecule has 2 atom stereocenters. The van der Waals surface area contributed by atoms with Gasteiger partial charge in [0.05, 0.1) is 5.52 Å². The summed E-state index contributed by atoms with van der Waals surface area (Å²) in [6.45, 7) is 2.18. The van der Waals surface area contributed by atoms with Gasteiger partial charge in [-0.2, -0.15) is 5.10 Å². The molecule has 9 heteroatoms. The van der Waals surface area contributed by atoms with Gasteiger partial charge in [0.1, 0.15) is 0 Å². The van der Waals surface area contributed by atoms with Gasteiger partial charge in [0.2, 0.25) is 0 Å². The number of nitrogens with zero attached hydrogens (tertiary/aromatic N) is 2. The summed E-state index contributed by atoms with van der Waals surface area (Å²) in [5.74, 6) is 1.85. The van der Waals surface area contributed by atoms with E-state index in [4.69, 9.17) is 16.0 Å². The Morgan fingerprint density at radius 1 is 1.48 bits per heavy atom. The van der Waals surface area contributed by atoms with Crippen LogP contribution in [0.4, 0.5) is 0 Å². The molecule has 0 aliphatic carbocycles. The number of amides is 1. The Bertz CT molecular complexity index is 1030. The minimum absolute atomic E-state index is 0.0303. The molecule has 156 valence electrons. The van der Waals surface area contributed by atoms with Gasteiger partial charge in [-0.3, -0.25) is 9.48 Å². The SMILES string of the molecule is C#Cc1ccc2nn(CCC(C)(C(=O)NOC3CCCCO3)S(C)(=O)=O)cc2c1. The largest absolute Gasteiger partial charge is 0.350 e. The Balaban J connectivity index is 1.71. The van der Waals surface area contributed by atoms with Gasteiger partial charge in [0, 0.05) is 43.0 Å². The molecule has 0 saturated carbocycles. The van der Waals surface area contributed by atoms with Crippen molar-refractivity contribution >= 4 is 26.6 Å². The molecule has 29 heavy (non-hydrogen) atoms. The summed E-state index contributed by atoms with van der Waals surface area (Å²) >= 11 is 0. The van der Waals surface area contributed by atoms with Crippen molar-refractivity contribution in [2.45, 2.75) is 50.2 Å². The highest BCUT2D eigenvalue weighted by Gasteiger charge is 2.44. The minimum atomic E-state index is -3.73. The first kappa shape index (κ1) is 21.3. The highest BCUT2D eigenvalue weighted by molar-refractivity contribution is 7.92. The smallest absolute Gasteiger partial charge is 0.264 e. The van der Waals surface area contributed by atoms with E-state index in [0.29, 0.717) is 13.0 Å². The standard InChI is InChI=1S/C20H25N3O5S/c1-4-15-8-9-17-16(13-15)14-23(21-17)11-10-20(2,29(3,25)26)19(24)22-28-18-7-5-6-12-27-18/h1,8-9,13-14,18H,5-7,10-12H2,2-3H3,(H,22,24). The van der Waals surface area contributed by atoms with E-state index in [2.05, 4.69) is 16.5 Å². The molecule has 1 N–H and O–H groups in total. The fraction of sp³-hybridized carbons (Fsp3) is 0.500.